The number of ether oxygens (including phenoxy) is 1. The Morgan fingerprint density at radius 1 is 1.14 bits per heavy atom. The van der Waals surface area contributed by atoms with Crippen LogP contribution in [-0.2, 0) is 9.59 Å². The number of rotatable bonds is 6. The van der Waals surface area contributed by atoms with Gasteiger partial charge in [-0.3, -0.25) is 14.5 Å². The van der Waals surface area contributed by atoms with Crippen molar-refractivity contribution in [2.24, 2.45) is 0 Å². The number of benzene rings is 2. The fourth-order valence-corrected chi connectivity index (χ4v) is 3.45. The molecule has 7 heteroatoms. The van der Waals surface area contributed by atoms with Crippen molar-refractivity contribution in [2.45, 2.75) is 13.0 Å². The molecule has 0 saturated carbocycles. The van der Waals surface area contributed by atoms with Gasteiger partial charge in [-0.05, 0) is 24.3 Å². The van der Waals surface area contributed by atoms with Gasteiger partial charge in [0.2, 0.25) is 11.8 Å². The van der Waals surface area contributed by atoms with Crippen LogP contribution in [0, 0.1) is 0 Å². The summed E-state index contributed by atoms with van der Waals surface area (Å²) in [6.45, 7) is 4.08. The zero-order valence-electron chi connectivity index (χ0n) is 16.2. The summed E-state index contributed by atoms with van der Waals surface area (Å²) in [7, 11) is 1.66. The normalized spacial score (nSPS) is 17.0. The van der Waals surface area contributed by atoms with E-state index in [0.29, 0.717) is 11.4 Å². The highest BCUT2D eigenvalue weighted by atomic mass is 16.5. The second-order valence-corrected chi connectivity index (χ2v) is 6.74. The first-order chi connectivity index (χ1) is 13.6. The van der Waals surface area contributed by atoms with E-state index in [1.54, 1.807) is 31.4 Å². The smallest absolute Gasteiger partial charge is 0.238 e. The molecule has 28 heavy (non-hydrogen) atoms. The largest absolute Gasteiger partial charge is 0.496 e. The molecule has 2 amide bonds. The summed E-state index contributed by atoms with van der Waals surface area (Å²) < 4.78 is 5.50. The summed E-state index contributed by atoms with van der Waals surface area (Å²) in [5.74, 6) is 0.579. The molecule has 0 aromatic heterocycles. The van der Waals surface area contributed by atoms with E-state index < -0.39 is 0 Å². The molecule has 1 fully saturated rings. The number of methoxy groups -OCH3 is 1. The minimum atomic E-state index is -0.149. The fourth-order valence-electron chi connectivity index (χ4n) is 3.45. The van der Waals surface area contributed by atoms with Gasteiger partial charge in [0.25, 0.3) is 0 Å². The molecule has 2 aromatic rings. The van der Waals surface area contributed by atoms with Crippen molar-refractivity contribution in [1.82, 2.24) is 10.2 Å². The van der Waals surface area contributed by atoms with E-state index in [1.165, 1.54) is 6.92 Å². The molecule has 2 aromatic carbocycles. The predicted molar refractivity (Wildman–Crippen MR) is 110 cm³/mol. The van der Waals surface area contributed by atoms with Crippen LogP contribution in [0.1, 0.15) is 18.5 Å². The molecular formula is C21H26N4O3. The van der Waals surface area contributed by atoms with Crippen molar-refractivity contribution < 1.29 is 14.3 Å². The van der Waals surface area contributed by atoms with E-state index in [2.05, 4.69) is 20.9 Å². The summed E-state index contributed by atoms with van der Waals surface area (Å²) in [6.07, 6.45) is 0. The Balaban J connectivity index is 1.69. The minimum Gasteiger partial charge on any atom is -0.496 e. The maximum Gasteiger partial charge on any atom is 0.238 e. The molecule has 3 N–H and O–H groups in total. The average Bonchev–Trinajstić information content (AvgIpc) is 2.68. The number of piperazine rings is 1. The summed E-state index contributed by atoms with van der Waals surface area (Å²) in [4.78, 5) is 26.0. The van der Waals surface area contributed by atoms with Gasteiger partial charge in [0, 0.05) is 43.5 Å². The van der Waals surface area contributed by atoms with Crippen molar-refractivity contribution in [3.05, 3.63) is 54.1 Å². The van der Waals surface area contributed by atoms with Gasteiger partial charge in [-0.15, -0.1) is 0 Å². The zero-order chi connectivity index (χ0) is 19.9. The van der Waals surface area contributed by atoms with Crippen LogP contribution in [-0.4, -0.2) is 50.0 Å². The van der Waals surface area contributed by atoms with Crippen LogP contribution < -0.4 is 20.7 Å². The highest BCUT2D eigenvalue weighted by molar-refractivity contribution is 5.94. The van der Waals surface area contributed by atoms with Crippen LogP contribution in [0.4, 0.5) is 11.4 Å². The fraction of sp³-hybridized carbons (Fsp3) is 0.333. The lowest BCUT2D eigenvalue weighted by Gasteiger charge is -2.36. The number of carbonyl (C=O) groups excluding carboxylic acids is 2. The zero-order valence-corrected chi connectivity index (χ0v) is 16.2. The van der Waals surface area contributed by atoms with Crippen molar-refractivity contribution in [1.29, 1.82) is 0 Å². The molecule has 1 atom stereocenters. The third kappa shape index (κ3) is 5.09. The summed E-state index contributed by atoms with van der Waals surface area (Å²) >= 11 is 0. The highest BCUT2D eigenvalue weighted by Gasteiger charge is 2.27. The van der Waals surface area contributed by atoms with Crippen LogP contribution in [0.15, 0.2) is 48.5 Å². The first-order valence-corrected chi connectivity index (χ1v) is 9.32. The summed E-state index contributed by atoms with van der Waals surface area (Å²) in [5.41, 5.74) is 2.37. The molecule has 0 aliphatic carbocycles. The molecule has 7 nitrogen and oxygen atoms in total. The number of nitrogens with zero attached hydrogens (tertiary/aromatic N) is 1. The summed E-state index contributed by atoms with van der Waals surface area (Å²) in [6, 6.07) is 15.1. The van der Waals surface area contributed by atoms with Gasteiger partial charge in [-0.2, -0.15) is 0 Å². The molecule has 0 spiro atoms. The van der Waals surface area contributed by atoms with Gasteiger partial charge in [0.1, 0.15) is 5.75 Å². The molecule has 1 heterocycles. The van der Waals surface area contributed by atoms with Crippen molar-refractivity contribution >= 4 is 23.2 Å². The van der Waals surface area contributed by atoms with E-state index in [-0.39, 0.29) is 24.4 Å². The third-order valence-electron chi connectivity index (χ3n) is 4.67. The lowest BCUT2D eigenvalue weighted by Crippen LogP contribution is -2.48. The van der Waals surface area contributed by atoms with Crippen LogP contribution in [0.2, 0.25) is 0 Å². The van der Waals surface area contributed by atoms with Gasteiger partial charge < -0.3 is 20.7 Å². The number of carbonyl (C=O) groups is 2. The van der Waals surface area contributed by atoms with Gasteiger partial charge in [0.05, 0.1) is 19.7 Å². The topological polar surface area (TPSA) is 82.7 Å². The average molecular weight is 382 g/mol. The Morgan fingerprint density at radius 3 is 2.64 bits per heavy atom. The molecule has 148 valence electrons. The number of hydrogen-bond acceptors (Lipinski definition) is 5. The van der Waals surface area contributed by atoms with Crippen LogP contribution in [0.25, 0.3) is 0 Å². The number of nitrogens with one attached hydrogen (secondary N) is 3. The number of amides is 2. The first kappa shape index (κ1) is 19.9. The Labute approximate surface area is 165 Å². The van der Waals surface area contributed by atoms with Crippen molar-refractivity contribution in [3.8, 4) is 5.75 Å². The van der Waals surface area contributed by atoms with E-state index in [9.17, 15) is 9.59 Å². The Hall–Kier alpha value is -2.90. The molecular weight excluding hydrogens is 356 g/mol. The van der Waals surface area contributed by atoms with E-state index in [0.717, 1.165) is 30.9 Å². The highest BCUT2D eigenvalue weighted by Crippen LogP contribution is 2.30. The number of hydrogen-bond donors (Lipinski definition) is 3. The lowest BCUT2D eigenvalue weighted by atomic mass is 10.0. The Morgan fingerprint density at radius 2 is 1.89 bits per heavy atom. The molecule has 3 rings (SSSR count). The van der Waals surface area contributed by atoms with Crippen LogP contribution >= 0.6 is 0 Å². The van der Waals surface area contributed by atoms with Crippen molar-refractivity contribution in [3.63, 3.8) is 0 Å². The molecule has 1 aliphatic rings. The molecule has 0 radical (unpaired) electrons. The van der Waals surface area contributed by atoms with Crippen LogP contribution in [0.3, 0.4) is 0 Å². The van der Waals surface area contributed by atoms with Crippen molar-refractivity contribution in [2.75, 3.05) is 43.9 Å². The van der Waals surface area contributed by atoms with E-state index in [1.807, 2.05) is 24.3 Å². The van der Waals surface area contributed by atoms with E-state index in [4.69, 9.17) is 4.74 Å². The van der Waals surface area contributed by atoms with E-state index >= 15 is 0 Å². The third-order valence-corrected chi connectivity index (χ3v) is 4.67. The molecule has 1 saturated heterocycles. The second kappa shape index (κ2) is 9.34. The second-order valence-electron chi connectivity index (χ2n) is 6.74. The monoisotopic (exact) mass is 382 g/mol. The maximum atomic E-state index is 12.7. The Kier molecular flexibility index (Phi) is 6.62. The van der Waals surface area contributed by atoms with Gasteiger partial charge in [-0.1, -0.05) is 24.3 Å². The predicted octanol–water partition coefficient (Wildman–Crippen LogP) is 2.24. The van der Waals surface area contributed by atoms with Gasteiger partial charge in [0.15, 0.2) is 0 Å². The van der Waals surface area contributed by atoms with Crippen LogP contribution in [0.5, 0.6) is 5.75 Å². The minimum absolute atomic E-state index is 0.0568. The first-order valence-electron chi connectivity index (χ1n) is 9.32. The van der Waals surface area contributed by atoms with Gasteiger partial charge in [-0.25, -0.2) is 0 Å². The van der Waals surface area contributed by atoms with Gasteiger partial charge >= 0.3 is 0 Å². The molecule has 0 bridgehead atoms. The number of anilines is 2. The summed E-state index contributed by atoms with van der Waals surface area (Å²) in [5, 5.41) is 9.03. The molecule has 1 unspecified atom stereocenters. The quantitative estimate of drug-likeness (QED) is 0.714. The number of para-hydroxylation sites is 1. The lowest BCUT2D eigenvalue weighted by molar-refractivity contribution is -0.118. The molecule has 1 aliphatic heterocycles. The SMILES string of the molecule is COc1ccccc1C1CNCCN1CC(=O)Nc1cccc(NC(C)=O)c1. The standard InChI is InChI=1S/C21H26N4O3/c1-15(26)23-16-6-5-7-17(12-16)24-21(27)14-25-11-10-22-13-19(25)18-8-3-4-9-20(18)28-2/h3-9,12,19,22H,10-11,13-14H2,1-2H3,(H,23,26)(H,24,27). The Bertz CT molecular complexity index is 840. The maximum absolute atomic E-state index is 12.7.